The molecule has 0 N–H and O–H groups in total. The van der Waals surface area contributed by atoms with Gasteiger partial charge in [0.2, 0.25) is 6.71 Å². The van der Waals surface area contributed by atoms with E-state index in [1.807, 2.05) is 0 Å². The topological polar surface area (TPSA) is 21.3 Å². The number of aryl methyl sites for hydroxylation is 1. The van der Waals surface area contributed by atoms with Gasteiger partial charge in [-0.1, -0.05) is 371 Å². The Bertz CT molecular complexity index is 6880. The summed E-state index contributed by atoms with van der Waals surface area (Å²) in [5.41, 5.74) is 35.0. The highest BCUT2D eigenvalue weighted by atomic mass is 15.2. The molecule has 21 rings (SSSR count). The third-order valence-corrected chi connectivity index (χ3v) is 25.9. The van der Waals surface area contributed by atoms with Gasteiger partial charge in [0, 0.05) is 88.3 Å². The van der Waals surface area contributed by atoms with E-state index in [1.165, 1.54) is 93.1 Å². The van der Waals surface area contributed by atoms with E-state index in [-0.39, 0.29) is 35.4 Å². The van der Waals surface area contributed by atoms with Crippen molar-refractivity contribution in [3.8, 4) is 78.1 Å². The summed E-state index contributed by atoms with van der Waals surface area (Å²) in [4.78, 5) is 5.69. The Morgan fingerprint density at radius 3 is 1.21 bits per heavy atom. The molecule has 5 nitrogen and oxygen atoms in total. The van der Waals surface area contributed by atoms with Gasteiger partial charge in [0.15, 0.2) is 0 Å². The summed E-state index contributed by atoms with van der Waals surface area (Å²) in [6, 6.07) is 139. The molecular formula is C111H92BN5. The van der Waals surface area contributed by atoms with Crippen molar-refractivity contribution < 1.29 is 0 Å². The van der Waals surface area contributed by atoms with Crippen LogP contribution < -0.4 is 20.7 Å². The van der Waals surface area contributed by atoms with Gasteiger partial charge in [0.05, 0.1) is 62.4 Å². The Labute approximate surface area is 686 Å². The fourth-order valence-electron chi connectivity index (χ4n) is 20.4. The molecule has 16 aromatic carbocycles. The Kier molecular flexibility index (Phi) is 17.1. The molecule has 6 heteroatoms. The first-order chi connectivity index (χ1) is 57.2. The van der Waals surface area contributed by atoms with Crippen LogP contribution >= 0.6 is 0 Å². The fourth-order valence-corrected chi connectivity index (χ4v) is 20.4. The second kappa shape index (κ2) is 28.0. The summed E-state index contributed by atoms with van der Waals surface area (Å²) >= 11 is 0. The first-order valence-corrected chi connectivity index (χ1v) is 41.8. The van der Waals surface area contributed by atoms with Crippen molar-refractivity contribution in [1.29, 1.82) is 0 Å². The molecule has 0 radical (unpaired) electrons. The monoisotopic (exact) mass is 1510 g/mol. The Morgan fingerprint density at radius 2 is 0.709 bits per heavy atom. The van der Waals surface area contributed by atoms with Crippen molar-refractivity contribution in [1.82, 2.24) is 13.7 Å². The zero-order valence-electron chi connectivity index (χ0n) is 67.9. The van der Waals surface area contributed by atoms with Crippen LogP contribution in [0.2, 0.25) is 5.82 Å². The van der Waals surface area contributed by atoms with Gasteiger partial charge in [0.1, 0.15) is 0 Å². The van der Waals surface area contributed by atoms with Crippen LogP contribution in [0.4, 0.5) is 28.4 Å². The van der Waals surface area contributed by atoms with Crippen molar-refractivity contribution in [3.05, 3.63) is 381 Å². The van der Waals surface area contributed by atoms with E-state index in [9.17, 15) is 0 Å². The molecule has 564 valence electrons. The highest BCUT2D eigenvalue weighted by Crippen LogP contribution is 2.58. The number of fused-ring (bicyclic) bond motifs is 11. The quantitative estimate of drug-likeness (QED) is 0.114. The van der Waals surface area contributed by atoms with Gasteiger partial charge in [0.25, 0.3) is 0 Å². The van der Waals surface area contributed by atoms with Gasteiger partial charge >= 0.3 is 0 Å². The van der Waals surface area contributed by atoms with Crippen LogP contribution in [0.5, 0.6) is 0 Å². The predicted molar refractivity (Wildman–Crippen MR) is 500 cm³/mol. The predicted octanol–water partition coefficient (Wildman–Crippen LogP) is 28.7. The minimum Gasteiger partial charge on any atom is -0.336 e. The van der Waals surface area contributed by atoms with Crippen LogP contribution in [-0.2, 0) is 17.3 Å². The second-order valence-corrected chi connectivity index (χ2v) is 34.6. The molecule has 19 aromatic rings. The lowest BCUT2D eigenvalue weighted by atomic mass is 9.31. The molecule has 3 aromatic heterocycles. The lowest BCUT2D eigenvalue weighted by Gasteiger charge is -2.42. The Balaban J connectivity index is 1.02. The van der Waals surface area contributed by atoms with Crippen molar-refractivity contribution in [2.24, 2.45) is 0 Å². The smallest absolute Gasteiger partial charge is 0.222 e. The third kappa shape index (κ3) is 11.5. The number of anilines is 5. The molecule has 2 unspecified atom stereocenters. The summed E-state index contributed by atoms with van der Waals surface area (Å²) in [6.45, 7) is 21.4. The van der Waals surface area contributed by atoms with E-state index in [4.69, 9.17) is 0 Å². The van der Waals surface area contributed by atoms with Gasteiger partial charge in [-0.2, -0.15) is 0 Å². The minimum absolute atomic E-state index is 0.149. The van der Waals surface area contributed by atoms with Crippen LogP contribution in [0.15, 0.2) is 364 Å². The molecule has 0 bridgehead atoms. The average molecular weight is 1510 g/mol. The van der Waals surface area contributed by atoms with E-state index in [2.05, 4.69) is 450 Å². The van der Waals surface area contributed by atoms with Gasteiger partial charge in [-0.05, 0) is 140 Å². The number of hydrogen-bond donors (Lipinski definition) is 0. The highest BCUT2D eigenvalue weighted by molar-refractivity contribution is 6.91. The van der Waals surface area contributed by atoms with Crippen LogP contribution in [0.25, 0.3) is 144 Å². The van der Waals surface area contributed by atoms with Crippen LogP contribution in [0, 0.1) is 0 Å². The number of para-hydroxylation sites is 6. The molecule has 0 saturated carbocycles. The van der Waals surface area contributed by atoms with Crippen molar-refractivity contribution in [2.45, 2.75) is 97.5 Å². The Morgan fingerprint density at radius 1 is 0.308 bits per heavy atom. The SMILES string of the molecule is CCc1ccccc1-c1cccc2c3ccccc3n([C@H]3C(C)B4c5cc(-c6ccccc6)c(-n6c7ccccc7c7ccccc76)cc5N(c5c(-c6ccccc6)cccc5-c5ccccc5)c5cc(-n6c7cc(C(C)(C)C)ccc7c7ccc(C(C)(C)C)cc76)cc(c54)N(c4c(-c5ccccc5)cccc4-c4ccccc4)C3C)c12. The number of benzene rings is 16. The zero-order valence-corrected chi connectivity index (χ0v) is 67.9. The summed E-state index contributed by atoms with van der Waals surface area (Å²) < 4.78 is 8.14. The molecule has 2 aliphatic rings. The normalized spacial score (nSPS) is 14.9. The largest absolute Gasteiger partial charge is 0.336 e. The molecule has 0 fully saturated rings. The summed E-state index contributed by atoms with van der Waals surface area (Å²) in [6.07, 6.45) is 0.895. The maximum Gasteiger partial charge on any atom is 0.222 e. The number of nitrogens with zero attached hydrogens (tertiary/aromatic N) is 5. The van der Waals surface area contributed by atoms with E-state index in [0.717, 1.165) is 113 Å². The zero-order chi connectivity index (χ0) is 79.1. The second-order valence-electron chi connectivity index (χ2n) is 34.6. The summed E-state index contributed by atoms with van der Waals surface area (Å²) in [7, 11) is 0. The molecule has 5 heterocycles. The lowest BCUT2D eigenvalue weighted by Crippen LogP contribution is -2.53. The first-order valence-electron chi connectivity index (χ1n) is 41.8. The summed E-state index contributed by atoms with van der Waals surface area (Å²) in [5.74, 6) is -0.149. The Hall–Kier alpha value is -13.4. The first kappa shape index (κ1) is 71.4. The standard InChI is InChI=1S/C111H92BN5/c1-10-73-37-26-27-48-82(73)92-56-36-57-93-89-51-30-33-60-98(89)117(109(92)93)106-71(2)112-95-69-94(78-46-24-15-25-47-78)101(115-96-58-31-28-49-87(96)88-50-29-32-59-97(88)115)70-102(95)116(108-85(76-42-20-13-21-43-76)54-35-55-86(108)77-44-22-14-23-45-77)104-68-81(114-99-65-79(110(4,5)6)61-63-90(99)91-64-62-80(66-100(91)114)111(7,8)9)67-103(105(104)112)113(72(106)3)107-83(74-38-16-11-17-39-74)52-34-53-84(107)75-40-18-12-19-41-75/h11-72,106H,10H2,1-9H3/t71?,72?,106-/m0/s1. The van der Waals surface area contributed by atoms with Crippen molar-refractivity contribution in [2.75, 3.05) is 9.80 Å². The molecule has 2 aliphatic heterocycles. The molecular weight excluding hydrogens is 1410 g/mol. The molecule has 0 saturated heterocycles. The van der Waals surface area contributed by atoms with E-state index in [1.54, 1.807) is 0 Å². The van der Waals surface area contributed by atoms with Gasteiger partial charge in [-0.25, -0.2) is 0 Å². The van der Waals surface area contributed by atoms with Crippen molar-refractivity contribution >= 4 is 111 Å². The van der Waals surface area contributed by atoms with Crippen molar-refractivity contribution in [3.63, 3.8) is 0 Å². The lowest BCUT2D eigenvalue weighted by molar-refractivity contribution is 0.433. The molecule has 0 amide bonds. The van der Waals surface area contributed by atoms with Gasteiger partial charge in [-0.3, -0.25) is 0 Å². The molecule has 3 atom stereocenters. The molecule has 117 heavy (non-hydrogen) atoms. The van der Waals surface area contributed by atoms with Crippen LogP contribution in [0.1, 0.15) is 85.0 Å². The van der Waals surface area contributed by atoms with E-state index < -0.39 is 0 Å². The highest BCUT2D eigenvalue weighted by Gasteiger charge is 2.51. The third-order valence-electron chi connectivity index (χ3n) is 25.9. The fraction of sp³-hybridized carbons (Fsp3) is 0.135. The van der Waals surface area contributed by atoms with E-state index in [0.29, 0.717) is 0 Å². The average Bonchev–Trinajstić information content (AvgIpc) is 1.65. The minimum atomic E-state index is -0.292. The van der Waals surface area contributed by atoms with Crippen LogP contribution in [0.3, 0.4) is 0 Å². The number of rotatable bonds is 12. The van der Waals surface area contributed by atoms with E-state index >= 15 is 0 Å². The summed E-state index contributed by atoms with van der Waals surface area (Å²) in [5, 5.41) is 7.36. The van der Waals surface area contributed by atoms with Gasteiger partial charge < -0.3 is 23.5 Å². The molecule has 0 spiro atoms. The maximum absolute atomic E-state index is 2.90. The number of aromatic nitrogens is 3. The number of hydrogen-bond acceptors (Lipinski definition) is 2. The van der Waals surface area contributed by atoms with Crippen LogP contribution in [-0.4, -0.2) is 26.5 Å². The molecule has 0 aliphatic carbocycles. The maximum atomic E-state index is 2.90. The van der Waals surface area contributed by atoms with Gasteiger partial charge in [-0.15, -0.1) is 0 Å².